The van der Waals surface area contributed by atoms with Crippen LogP contribution in [-0.2, 0) is 11.2 Å². The molecule has 3 N–H and O–H groups in total. The highest BCUT2D eigenvalue weighted by atomic mass is 19.1. The first-order chi connectivity index (χ1) is 12.1. The molecule has 0 saturated carbocycles. The summed E-state index contributed by atoms with van der Waals surface area (Å²) in [5.41, 5.74) is 2.31. The molecule has 25 heavy (non-hydrogen) atoms. The SMILES string of the molecule is O=C(Cc1c[nH]c2ccccc12)N=Nc1c(O)[nH]c2ccc(F)cc12. The van der Waals surface area contributed by atoms with Crippen molar-refractivity contribution in [2.45, 2.75) is 6.42 Å². The molecule has 0 atom stereocenters. The molecule has 0 radical (unpaired) electrons. The van der Waals surface area contributed by atoms with E-state index in [1.165, 1.54) is 18.2 Å². The van der Waals surface area contributed by atoms with Gasteiger partial charge in [-0.25, -0.2) is 4.39 Å². The summed E-state index contributed by atoms with van der Waals surface area (Å²) >= 11 is 0. The number of aromatic hydroxyl groups is 1. The molecule has 0 fully saturated rings. The lowest BCUT2D eigenvalue weighted by Crippen LogP contribution is -1.96. The number of carbonyl (C=O) groups is 1. The molecule has 6 nitrogen and oxygen atoms in total. The number of amides is 1. The standard InChI is InChI=1S/C18H13FN4O2/c19-11-5-6-15-13(8-11)17(18(25)21-15)23-22-16(24)7-10-9-20-14-4-2-1-3-12(10)14/h1-6,8-9,20-21,25H,7H2. The number of benzene rings is 2. The lowest BCUT2D eigenvalue weighted by molar-refractivity contribution is -0.117. The lowest BCUT2D eigenvalue weighted by atomic mass is 10.1. The Hall–Kier alpha value is -3.48. The van der Waals surface area contributed by atoms with Crippen molar-refractivity contribution >= 4 is 33.4 Å². The number of H-pyrrole nitrogens is 2. The van der Waals surface area contributed by atoms with Gasteiger partial charge < -0.3 is 15.1 Å². The summed E-state index contributed by atoms with van der Waals surface area (Å²) in [6.07, 6.45) is 1.83. The van der Waals surface area contributed by atoms with Crippen LogP contribution in [0.3, 0.4) is 0 Å². The zero-order chi connectivity index (χ0) is 17.4. The largest absolute Gasteiger partial charge is 0.493 e. The van der Waals surface area contributed by atoms with Gasteiger partial charge in [-0.15, -0.1) is 10.2 Å². The number of aromatic nitrogens is 2. The predicted octanol–water partition coefficient (Wildman–Crippen LogP) is 4.35. The van der Waals surface area contributed by atoms with Gasteiger partial charge in [0, 0.05) is 22.5 Å². The number of halogens is 1. The van der Waals surface area contributed by atoms with Crippen LogP contribution in [-0.4, -0.2) is 21.0 Å². The maximum atomic E-state index is 13.4. The molecule has 0 aliphatic rings. The van der Waals surface area contributed by atoms with Crippen molar-refractivity contribution in [2.24, 2.45) is 10.2 Å². The van der Waals surface area contributed by atoms with Crippen LogP contribution >= 0.6 is 0 Å². The highest BCUT2D eigenvalue weighted by molar-refractivity contribution is 5.94. The Morgan fingerprint density at radius 1 is 1.12 bits per heavy atom. The van der Waals surface area contributed by atoms with Gasteiger partial charge >= 0.3 is 0 Å². The second-order valence-corrected chi connectivity index (χ2v) is 5.64. The number of nitrogens with one attached hydrogen (secondary N) is 2. The van der Waals surface area contributed by atoms with Crippen LogP contribution in [0.4, 0.5) is 10.1 Å². The molecule has 2 heterocycles. The number of hydrogen-bond donors (Lipinski definition) is 3. The van der Waals surface area contributed by atoms with E-state index in [1.807, 2.05) is 24.3 Å². The van der Waals surface area contributed by atoms with Gasteiger partial charge in [-0.2, -0.15) is 0 Å². The third-order valence-corrected chi connectivity index (χ3v) is 3.99. The van der Waals surface area contributed by atoms with E-state index in [2.05, 4.69) is 20.2 Å². The molecule has 0 bridgehead atoms. The Morgan fingerprint density at radius 3 is 2.84 bits per heavy atom. The van der Waals surface area contributed by atoms with Gasteiger partial charge in [0.2, 0.25) is 5.88 Å². The molecule has 0 aliphatic carbocycles. The van der Waals surface area contributed by atoms with Crippen LogP contribution in [0.1, 0.15) is 5.56 Å². The van der Waals surface area contributed by atoms with E-state index in [4.69, 9.17) is 0 Å². The molecule has 0 unspecified atom stereocenters. The first-order valence-corrected chi connectivity index (χ1v) is 7.61. The Balaban J connectivity index is 1.60. The van der Waals surface area contributed by atoms with Crippen molar-refractivity contribution in [2.75, 3.05) is 0 Å². The summed E-state index contributed by atoms with van der Waals surface area (Å²) in [4.78, 5) is 17.9. The van der Waals surface area contributed by atoms with Crippen molar-refractivity contribution < 1.29 is 14.3 Å². The Bertz CT molecular complexity index is 1130. The second-order valence-electron chi connectivity index (χ2n) is 5.64. The first kappa shape index (κ1) is 15.1. The molecule has 7 heteroatoms. The molecular formula is C18H13FN4O2. The van der Waals surface area contributed by atoms with Crippen LogP contribution in [0.5, 0.6) is 5.88 Å². The zero-order valence-corrected chi connectivity index (χ0v) is 13.0. The summed E-state index contributed by atoms with van der Waals surface area (Å²) in [7, 11) is 0. The second kappa shape index (κ2) is 5.86. The molecule has 0 aliphatic heterocycles. The molecule has 0 spiro atoms. The van der Waals surface area contributed by atoms with E-state index in [9.17, 15) is 14.3 Å². The maximum absolute atomic E-state index is 13.4. The van der Waals surface area contributed by atoms with Crippen LogP contribution in [0.15, 0.2) is 58.9 Å². The third-order valence-electron chi connectivity index (χ3n) is 3.99. The first-order valence-electron chi connectivity index (χ1n) is 7.61. The summed E-state index contributed by atoms with van der Waals surface area (Å²) in [5, 5.41) is 18.7. The number of carbonyl (C=O) groups excluding carboxylic acids is 1. The van der Waals surface area contributed by atoms with Gasteiger partial charge in [-0.3, -0.25) is 4.79 Å². The summed E-state index contributed by atoms with van der Waals surface area (Å²) in [5.74, 6) is -1.19. The number of aromatic amines is 2. The van der Waals surface area contributed by atoms with Gasteiger partial charge in [-0.1, -0.05) is 18.2 Å². The quantitative estimate of drug-likeness (QED) is 0.485. The van der Waals surface area contributed by atoms with E-state index < -0.39 is 11.7 Å². The fraction of sp³-hybridized carbons (Fsp3) is 0.0556. The van der Waals surface area contributed by atoms with Crippen molar-refractivity contribution in [3.05, 3.63) is 60.0 Å². The molecule has 2 aromatic heterocycles. The number of nitrogens with zero attached hydrogens (tertiary/aromatic N) is 2. The fourth-order valence-corrected chi connectivity index (χ4v) is 2.82. The van der Waals surface area contributed by atoms with Crippen LogP contribution in [0.25, 0.3) is 21.8 Å². The van der Waals surface area contributed by atoms with Gasteiger partial charge in [0.15, 0.2) is 5.69 Å². The Labute approximate surface area is 141 Å². The normalized spacial score (nSPS) is 11.7. The van der Waals surface area contributed by atoms with Crippen LogP contribution in [0.2, 0.25) is 0 Å². The molecule has 124 valence electrons. The molecule has 1 amide bonds. The summed E-state index contributed by atoms with van der Waals surface area (Å²) in [6.45, 7) is 0. The van der Waals surface area contributed by atoms with Crippen molar-refractivity contribution in [1.29, 1.82) is 0 Å². The maximum Gasteiger partial charge on any atom is 0.269 e. The number of rotatable bonds is 3. The topological polar surface area (TPSA) is 93.6 Å². The molecule has 4 aromatic rings. The van der Waals surface area contributed by atoms with Crippen LogP contribution < -0.4 is 0 Å². The highest BCUT2D eigenvalue weighted by Crippen LogP contribution is 2.35. The third kappa shape index (κ3) is 2.76. The lowest BCUT2D eigenvalue weighted by Gasteiger charge is -1.95. The van der Waals surface area contributed by atoms with E-state index >= 15 is 0 Å². The van der Waals surface area contributed by atoms with Crippen LogP contribution in [0, 0.1) is 5.82 Å². The number of para-hydroxylation sites is 1. The average molecular weight is 336 g/mol. The fourth-order valence-electron chi connectivity index (χ4n) is 2.82. The monoisotopic (exact) mass is 336 g/mol. The van der Waals surface area contributed by atoms with E-state index in [0.29, 0.717) is 10.9 Å². The molecule has 4 rings (SSSR count). The summed E-state index contributed by atoms with van der Waals surface area (Å²) < 4.78 is 13.4. The zero-order valence-electron chi connectivity index (χ0n) is 13.0. The van der Waals surface area contributed by atoms with E-state index in [1.54, 1.807) is 6.20 Å². The van der Waals surface area contributed by atoms with Gasteiger partial charge in [0.25, 0.3) is 5.91 Å². The number of azo groups is 1. The molecule has 0 saturated heterocycles. The van der Waals surface area contributed by atoms with E-state index in [0.717, 1.165) is 16.5 Å². The smallest absolute Gasteiger partial charge is 0.269 e. The number of fused-ring (bicyclic) bond motifs is 2. The van der Waals surface area contributed by atoms with Gasteiger partial charge in [-0.05, 0) is 29.8 Å². The van der Waals surface area contributed by atoms with Crippen molar-refractivity contribution in [3.63, 3.8) is 0 Å². The Kier molecular flexibility index (Phi) is 3.53. The minimum absolute atomic E-state index is 0.0433. The Morgan fingerprint density at radius 2 is 1.96 bits per heavy atom. The van der Waals surface area contributed by atoms with Crippen molar-refractivity contribution in [1.82, 2.24) is 9.97 Å². The highest BCUT2D eigenvalue weighted by Gasteiger charge is 2.13. The molecule has 2 aromatic carbocycles. The minimum Gasteiger partial charge on any atom is -0.493 e. The summed E-state index contributed by atoms with van der Waals surface area (Å²) in [6, 6.07) is 11.6. The van der Waals surface area contributed by atoms with E-state index in [-0.39, 0.29) is 18.0 Å². The van der Waals surface area contributed by atoms with Gasteiger partial charge in [0.1, 0.15) is 5.82 Å². The minimum atomic E-state index is -0.465. The molecular weight excluding hydrogens is 323 g/mol. The van der Waals surface area contributed by atoms with Crippen molar-refractivity contribution in [3.8, 4) is 5.88 Å². The predicted molar refractivity (Wildman–Crippen MR) is 91.4 cm³/mol. The van der Waals surface area contributed by atoms with Gasteiger partial charge in [0.05, 0.1) is 11.9 Å². The average Bonchev–Trinajstić information content (AvgIpc) is 3.14. The number of hydrogen-bond acceptors (Lipinski definition) is 3.